The SMILES string of the molecule is CCCCC(=O)NC(CCc1ccccc1)CCc1ccccc1. The standard InChI is InChI=1S/C22H29NO/c1-2-3-14-22(24)23-21(17-15-19-10-6-4-7-11-19)18-16-20-12-8-5-9-13-20/h4-13,21H,2-3,14-18H2,1H3,(H,23,24). The van der Waals surface area contributed by atoms with Gasteiger partial charge in [0.25, 0.3) is 0 Å². The second-order valence-electron chi connectivity index (χ2n) is 6.42. The first-order valence-corrected chi connectivity index (χ1v) is 9.15. The van der Waals surface area contributed by atoms with Gasteiger partial charge in [-0.15, -0.1) is 0 Å². The van der Waals surface area contributed by atoms with Crippen LogP contribution >= 0.6 is 0 Å². The summed E-state index contributed by atoms with van der Waals surface area (Å²) in [5, 5.41) is 3.25. The van der Waals surface area contributed by atoms with Crippen LogP contribution in [0.15, 0.2) is 60.7 Å². The summed E-state index contributed by atoms with van der Waals surface area (Å²) in [6.45, 7) is 2.12. The first kappa shape index (κ1) is 18.3. The summed E-state index contributed by atoms with van der Waals surface area (Å²) in [4.78, 5) is 12.1. The van der Waals surface area contributed by atoms with Crippen molar-refractivity contribution in [2.75, 3.05) is 0 Å². The quantitative estimate of drug-likeness (QED) is 0.660. The second kappa shape index (κ2) is 10.6. The van der Waals surface area contributed by atoms with Crippen LogP contribution in [0.4, 0.5) is 0 Å². The fourth-order valence-corrected chi connectivity index (χ4v) is 2.90. The molecule has 0 fully saturated rings. The highest BCUT2D eigenvalue weighted by Gasteiger charge is 2.12. The zero-order chi connectivity index (χ0) is 17.0. The van der Waals surface area contributed by atoms with E-state index in [9.17, 15) is 4.79 Å². The Kier molecular flexibility index (Phi) is 8.09. The van der Waals surface area contributed by atoms with Gasteiger partial charge in [-0.1, -0.05) is 74.0 Å². The molecule has 0 saturated carbocycles. The molecule has 0 radical (unpaired) electrons. The van der Waals surface area contributed by atoms with Crippen LogP contribution in [0.25, 0.3) is 0 Å². The first-order chi connectivity index (χ1) is 11.8. The first-order valence-electron chi connectivity index (χ1n) is 9.15. The van der Waals surface area contributed by atoms with Gasteiger partial charge in [-0.25, -0.2) is 0 Å². The van der Waals surface area contributed by atoms with Gasteiger partial charge in [-0.05, 0) is 43.2 Å². The second-order valence-corrected chi connectivity index (χ2v) is 6.42. The molecule has 24 heavy (non-hydrogen) atoms. The van der Waals surface area contributed by atoms with E-state index < -0.39 is 0 Å². The van der Waals surface area contributed by atoms with Crippen LogP contribution in [0.3, 0.4) is 0 Å². The van der Waals surface area contributed by atoms with Crippen molar-refractivity contribution in [2.24, 2.45) is 0 Å². The average molecular weight is 323 g/mol. The van der Waals surface area contributed by atoms with Crippen LogP contribution in [0, 0.1) is 0 Å². The zero-order valence-corrected chi connectivity index (χ0v) is 14.7. The fourth-order valence-electron chi connectivity index (χ4n) is 2.90. The number of amides is 1. The van der Waals surface area contributed by atoms with Crippen molar-refractivity contribution >= 4 is 5.91 Å². The Bertz CT molecular complexity index is 536. The van der Waals surface area contributed by atoms with Gasteiger partial charge >= 0.3 is 0 Å². The zero-order valence-electron chi connectivity index (χ0n) is 14.7. The highest BCUT2D eigenvalue weighted by molar-refractivity contribution is 5.76. The smallest absolute Gasteiger partial charge is 0.220 e. The lowest BCUT2D eigenvalue weighted by atomic mass is 9.99. The minimum atomic E-state index is 0.197. The van der Waals surface area contributed by atoms with Gasteiger partial charge < -0.3 is 5.32 Å². The van der Waals surface area contributed by atoms with Gasteiger partial charge in [0.1, 0.15) is 0 Å². The number of aryl methyl sites for hydroxylation is 2. The maximum absolute atomic E-state index is 12.1. The molecule has 0 saturated heterocycles. The van der Waals surface area contributed by atoms with Crippen LogP contribution in [0.1, 0.15) is 50.2 Å². The van der Waals surface area contributed by atoms with E-state index >= 15 is 0 Å². The molecule has 128 valence electrons. The van der Waals surface area contributed by atoms with E-state index in [1.807, 2.05) is 12.1 Å². The fraction of sp³-hybridized carbons (Fsp3) is 0.409. The molecule has 1 N–H and O–H groups in total. The lowest BCUT2D eigenvalue weighted by Crippen LogP contribution is -2.35. The van der Waals surface area contributed by atoms with E-state index in [0.717, 1.165) is 38.5 Å². The molecular weight excluding hydrogens is 294 g/mol. The Morgan fingerprint density at radius 3 is 1.83 bits per heavy atom. The summed E-state index contributed by atoms with van der Waals surface area (Å²) in [6.07, 6.45) is 6.68. The molecule has 0 atom stereocenters. The Morgan fingerprint density at radius 1 is 0.875 bits per heavy atom. The molecule has 2 heteroatoms. The molecule has 0 aromatic heterocycles. The molecular formula is C22H29NO. The van der Waals surface area contributed by atoms with Gasteiger partial charge in [0.15, 0.2) is 0 Å². The van der Waals surface area contributed by atoms with Crippen molar-refractivity contribution in [2.45, 2.75) is 57.9 Å². The maximum Gasteiger partial charge on any atom is 0.220 e. The highest BCUT2D eigenvalue weighted by Crippen LogP contribution is 2.12. The monoisotopic (exact) mass is 323 g/mol. The predicted molar refractivity (Wildman–Crippen MR) is 101 cm³/mol. The van der Waals surface area contributed by atoms with Crippen molar-refractivity contribution in [3.8, 4) is 0 Å². The van der Waals surface area contributed by atoms with Crippen LogP contribution in [-0.4, -0.2) is 11.9 Å². The van der Waals surface area contributed by atoms with Crippen molar-refractivity contribution in [1.29, 1.82) is 0 Å². The summed E-state index contributed by atoms with van der Waals surface area (Å²) in [6, 6.07) is 21.3. The predicted octanol–water partition coefficient (Wildman–Crippen LogP) is 4.93. The molecule has 0 aliphatic carbocycles. The molecule has 1 amide bonds. The van der Waals surface area contributed by atoms with Crippen molar-refractivity contribution in [1.82, 2.24) is 5.32 Å². The van der Waals surface area contributed by atoms with Crippen LogP contribution in [0.2, 0.25) is 0 Å². The number of hydrogen-bond donors (Lipinski definition) is 1. The Balaban J connectivity index is 1.88. The van der Waals surface area contributed by atoms with Crippen molar-refractivity contribution in [3.63, 3.8) is 0 Å². The molecule has 0 aliphatic heterocycles. The molecule has 2 aromatic carbocycles. The van der Waals surface area contributed by atoms with Crippen molar-refractivity contribution < 1.29 is 4.79 Å². The number of hydrogen-bond acceptors (Lipinski definition) is 1. The number of unbranched alkanes of at least 4 members (excludes halogenated alkanes) is 1. The lowest BCUT2D eigenvalue weighted by Gasteiger charge is -2.19. The summed E-state index contributed by atoms with van der Waals surface area (Å²) < 4.78 is 0. The van der Waals surface area contributed by atoms with Gasteiger partial charge in [0, 0.05) is 12.5 Å². The van der Waals surface area contributed by atoms with E-state index in [2.05, 4.69) is 60.8 Å². The normalized spacial score (nSPS) is 10.8. The summed E-state index contributed by atoms with van der Waals surface area (Å²) >= 11 is 0. The third kappa shape index (κ3) is 6.99. The molecule has 0 unspecified atom stereocenters. The van der Waals surface area contributed by atoms with Gasteiger partial charge in [-0.2, -0.15) is 0 Å². The van der Waals surface area contributed by atoms with E-state index in [1.165, 1.54) is 11.1 Å². The Labute approximate surface area is 146 Å². The van der Waals surface area contributed by atoms with E-state index in [0.29, 0.717) is 6.42 Å². The van der Waals surface area contributed by atoms with Crippen molar-refractivity contribution in [3.05, 3.63) is 71.8 Å². The molecule has 2 aromatic rings. The van der Waals surface area contributed by atoms with E-state index in [-0.39, 0.29) is 11.9 Å². The molecule has 0 spiro atoms. The number of carbonyl (C=O) groups excluding carboxylic acids is 1. The molecule has 0 aliphatic rings. The number of nitrogens with one attached hydrogen (secondary N) is 1. The summed E-state index contributed by atoms with van der Waals surface area (Å²) in [5.74, 6) is 0.197. The highest BCUT2D eigenvalue weighted by atomic mass is 16.1. The largest absolute Gasteiger partial charge is 0.353 e. The third-order valence-corrected chi connectivity index (χ3v) is 4.37. The number of carbonyl (C=O) groups is 1. The maximum atomic E-state index is 12.1. The van der Waals surface area contributed by atoms with E-state index in [4.69, 9.17) is 0 Å². The minimum absolute atomic E-state index is 0.197. The molecule has 2 nitrogen and oxygen atoms in total. The van der Waals surface area contributed by atoms with Gasteiger partial charge in [0.05, 0.1) is 0 Å². The van der Waals surface area contributed by atoms with E-state index in [1.54, 1.807) is 0 Å². The molecule has 2 rings (SSSR count). The summed E-state index contributed by atoms with van der Waals surface area (Å²) in [7, 11) is 0. The Hall–Kier alpha value is -2.09. The topological polar surface area (TPSA) is 29.1 Å². The number of benzene rings is 2. The minimum Gasteiger partial charge on any atom is -0.353 e. The molecule has 0 bridgehead atoms. The lowest BCUT2D eigenvalue weighted by molar-refractivity contribution is -0.122. The van der Waals surface area contributed by atoms with Crippen LogP contribution < -0.4 is 5.32 Å². The number of rotatable bonds is 10. The van der Waals surface area contributed by atoms with Crippen LogP contribution in [-0.2, 0) is 17.6 Å². The summed E-state index contributed by atoms with van der Waals surface area (Å²) in [5.41, 5.74) is 2.68. The average Bonchev–Trinajstić information content (AvgIpc) is 2.64. The third-order valence-electron chi connectivity index (χ3n) is 4.37. The Morgan fingerprint density at radius 2 is 1.38 bits per heavy atom. The van der Waals surface area contributed by atoms with Crippen LogP contribution in [0.5, 0.6) is 0 Å². The van der Waals surface area contributed by atoms with Gasteiger partial charge in [0.2, 0.25) is 5.91 Å². The van der Waals surface area contributed by atoms with Gasteiger partial charge in [-0.3, -0.25) is 4.79 Å². The molecule has 0 heterocycles.